The Balaban J connectivity index is 1.58. The van der Waals surface area contributed by atoms with Crippen LogP contribution in [0.2, 0.25) is 0 Å². The second-order valence-corrected chi connectivity index (χ2v) is 10.9. The van der Waals surface area contributed by atoms with Gasteiger partial charge >= 0.3 is 5.97 Å². The summed E-state index contributed by atoms with van der Waals surface area (Å²) in [5.74, 6) is 0.336. The summed E-state index contributed by atoms with van der Waals surface area (Å²) in [6, 6.07) is 15.9. The molecule has 0 radical (unpaired) electrons. The molecule has 1 N–H and O–H groups in total. The fourth-order valence-electron chi connectivity index (χ4n) is 5.30. The van der Waals surface area contributed by atoms with E-state index >= 15 is 0 Å². The standard InChI is InChI=1S/C34H37N3O4/c1-5-28(38)18-26-17-24(12-11-23(26)4)31-30-20-27(34(39)41-22(2)3)21-35-33(30)36-32(31)25-9-8-10-29(19-25)40-16-15-37-13-6-7-14-37/h5,8-12,17,19-22H,1,6-7,13-16,18H2,2-4H3,(H,35,36). The number of nitrogens with zero attached hydrogens (tertiary/aromatic N) is 2. The maximum Gasteiger partial charge on any atom is 0.339 e. The van der Waals surface area contributed by atoms with E-state index in [-0.39, 0.29) is 18.3 Å². The van der Waals surface area contributed by atoms with Crippen molar-refractivity contribution in [3.05, 3.63) is 84.1 Å². The van der Waals surface area contributed by atoms with Gasteiger partial charge in [0.25, 0.3) is 0 Å². The lowest BCUT2D eigenvalue weighted by Crippen LogP contribution is -2.25. The fourth-order valence-corrected chi connectivity index (χ4v) is 5.30. The fraction of sp³-hybridized carbons (Fsp3) is 0.324. The van der Waals surface area contributed by atoms with Gasteiger partial charge in [-0.25, -0.2) is 9.78 Å². The largest absolute Gasteiger partial charge is 0.492 e. The third-order valence-electron chi connectivity index (χ3n) is 7.46. The Kier molecular flexibility index (Phi) is 8.64. The molecular formula is C34H37N3O4. The molecule has 1 aliphatic rings. The topological polar surface area (TPSA) is 84.5 Å². The molecule has 4 aromatic rings. The summed E-state index contributed by atoms with van der Waals surface area (Å²) in [6.45, 7) is 13.1. The van der Waals surface area contributed by atoms with Gasteiger partial charge in [-0.05, 0) is 87.7 Å². The first-order valence-electron chi connectivity index (χ1n) is 14.3. The van der Waals surface area contributed by atoms with Gasteiger partial charge in [-0.3, -0.25) is 9.69 Å². The summed E-state index contributed by atoms with van der Waals surface area (Å²) >= 11 is 0. The van der Waals surface area contributed by atoms with E-state index in [1.54, 1.807) is 0 Å². The molecule has 212 valence electrons. The second-order valence-electron chi connectivity index (χ2n) is 10.9. The lowest BCUT2D eigenvalue weighted by atomic mass is 9.93. The zero-order valence-electron chi connectivity index (χ0n) is 24.0. The van der Waals surface area contributed by atoms with Crippen molar-refractivity contribution in [2.75, 3.05) is 26.2 Å². The Morgan fingerprint density at radius 3 is 2.66 bits per heavy atom. The molecule has 0 atom stereocenters. The third-order valence-corrected chi connectivity index (χ3v) is 7.46. The Morgan fingerprint density at radius 2 is 1.90 bits per heavy atom. The minimum atomic E-state index is -0.419. The number of carbonyl (C=O) groups excluding carboxylic acids is 2. The average Bonchev–Trinajstić information content (AvgIpc) is 3.62. The van der Waals surface area contributed by atoms with Crippen molar-refractivity contribution in [3.8, 4) is 28.1 Å². The van der Waals surface area contributed by atoms with E-state index in [2.05, 4.69) is 21.4 Å². The van der Waals surface area contributed by atoms with Crippen LogP contribution in [0.4, 0.5) is 0 Å². The quantitative estimate of drug-likeness (QED) is 0.168. The Labute approximate surface area is 241 Å². The Bertz CT molecular complexity index is 1580. The highest BCUT2D eigenvalue weighted by molar-refractivity contribution is 6.05. The van der Waals surface area contributed by atoms with Crippen molar-refractivity contribution < 1.29 is 19.1 Å². The number of ether oxygens (including phenoxy) is 2. The number of rotatable bonds is 11. The lowest BCUT2D eigenvalue weighted by molar-refractivity contribution is -0.114. The van der Waals surface area contributed by atoms with Crippen LogP contribution in [0.3, 0.4) is 0 Å². The number of H-pyrrole nitrogens is 1. The van der Waals surface area contributed by atoms with Crippen molar-refractivity contribution in [2.45, 2.75) is 46.1 Å². The molecule has 5 rings (SSSR count). The molecule has 3 heterocycles. The van der Waals surface area contributed by atoms with Crippen LogP contribution in [0.5, 0.6) is 5.75 Å². The molecule has 0 spiro atoms. The number of benzene rings is 2. The van der Waals surface area contributed by atoms with Crippen LogP contribution < -0.4 is 4.74 Å². The SMILES string of the molecule is C=CC(=O)Cc1cc(-c2c(-c3cccc(OCCN4CCCC4)c3)[nH]c3ncc(C(=O)OC(C)C)cc23)ccc1C. The number of carbonyl (C=O) groups is 2. The van der Waals surface area contributed by atoms with E-state index in [4.69, 9.17) is 9.47 Å². The zero-order valence-corrected chi connectivity index (χ0v) is 24.0. The zero-order chi connectivity index (χ0) is 28.9. The predicted molar refractivity (Wildman–Crippen MR) is 162 cm³/mol. The van der Waals surface area contributed by atoms with Gasteiger partial charge < -0.3 is 14.5 Å². The molecule has 1 aliphatic heterocycles. The third kappa shape index (κ3) is 6.57. The second kappa shape index (κ2) is 12.5. The number of nitrogens with one attached hydrogen (secondary N) is 1. The highest BCUT2D eigenvalue weighted by Gasteiger charge is 2.20. The van der Waals surface area contributed by atoms with Gasteiger partial charge in [0.2, 0.25) is 0 Å². The maximum atomic E-state index is 12.8. The van der Waals surface area contributed by atoms with E-state index < -0.39 is 5.97 Å². The molecule has 1 fully saturated rings. The predicted octanol–water partition coefficient (Wildman–Crippen LogP) is 6.54. The first-order chi connectivity index (χ1) is 19.8. The number of aromatic amines is 1. The van der Waals surface area contributed by atoms with Crippen LogP contribution >= 0.6 is 0 Å². The Morgan fingerprint density at radius 1 is 1.10 bits per heavy atom. The number of hydrogen-bond donors (Lipinski definition) is 1. The molecule has 0 saturated carbocycles. The van der Waals surface area contributed by atoms with Gasteiger partial charge in [0.1, 0.15) is 18.0 Å². The number of esters is 1. The highest BCUT2D eigenvalue weighted by Crippen LogP contribution is 2.39. The smallest absolute Gasteiger partial charge is 0.339 e. The van der Waals surface area contributed by atoms with Gasteiger partial charge in [0.15, 0.2) is 5.78 Å². The van der Waals surface area contributed by atoms with Crippen molar-refractivity contribution in [3.63, 3.8) is 0 Å². The van der Waals surface area contributed by atoms with Crippen molar-refractivity contribution in [2.24, 2.45) is 0 Å². The summed E-state index contributed by atoms with van der Waals surface area (Å²) in [7, 11) is 0. The molecule has 1 saturated heterocycles. The van der Waals surface area contributed by atoms with Crippen LogP contribution in [-0.4, -0.2) is 59.0 Å². The van der Waals surface area contributed by atoms with Crippen LogP contribution in [0.25, 0.3) is 33.4 Å². The molecule has 41 heavy (non-hydrogen) atoms. The number of allylic oxidation sites excluding steroid dienone is 1. The molecule has 0 bridgehead atoms. The van der Waals surface area contributed by atoms with Gasteiger partial charge in [-0.2, -0.15) is 0 Å². The molecule has 2 aromatic heterocycles. The average molecular weight is 552 g/mol. The van der Waals surface area contributed by atoms with Gasteiger partial charge in [-0.1, -0.05) is 36.9 Å². The number of aryl methyl sites for hydroxylation is 1. The molecule has 0 aliphatic carbocycles. The van der Waals surface area contributed by atoms with Crippen molar-refractivity contribution >= 4 is 22.8 Å². The number of fused-ring (bicyclic) bond motifs is 1. The summed E-state index contributed by atoms with van der Waals surface area (Å²) in [5, 5.41) is 0.795. The first-order valence-corrected chi connectivity index (χ1v) is 14.3. The molecule has 2 aromatic carbocycles. The van der Waals surface area contributed by atoms with E-state index in [9.17, 15) is 9.59 Å². The lowest BCUT2D eigenvalue weighted by Gasteiger charge is -2.15. The summed E-state index contributed by atoms with van der Waals surface area (Å²) in [6.07, 6.45) is 5.44. The van der Waals surface area contributed by atoms with E-state index in [0.717, 1.165) is 64.3 Å². The van der Waals surface area contributed by atoms with Crippen LogP contribution in [0, 0.1) is 6.92 Å². The minimum Gasteiger partial charge on any atom is -0.492 e. The van der Waals surface area contributed by atoms with E-state index in [1.165, 1.54) is 25.1 Å². The van der Waals surface area contributed by atoms with Crippen LogP contribution in [-0.2, 0) is 16.0 Å². The number of hydrogen-bond acceptors (Lipinski definition) is 6. The van der Waals surface area contributed by atoms with Gasteiger partial charge in [0, 0.05) is 35.7 Å². The monoisotopic (exact) mass is 551 g/mol. The van der Waals surface area contributed by atoms with Gasteiger partial charge in [0.05, 0.1) is 17.4 Å². The van der Waals surface area contributed by atoms with Crippen molar-refractivity contribution in [1.82, 2.24) is 14.9 Å². The summed E-state index contributed by atoms with van der Waals surface area (Å²) in [4.78, 5) is 35.5. The van der Waals surface area contributed by atoms with E-state index in [0.29, 0.717) is 17.8 Å². The molecule has 7 nitrogen and oxygen atoms in total. The molecular weight excluding hydrogens is 514 g/mol. The van der Waals surface area contributed by atoms with Crippen LogP contribution in [0.15, 0.2) is 67.4 Å². The summed E-state index contributed by atoms with van der Waals surface area (Å²) in [5.41, 5.74) is 6.59. The Hall–Kier alpha value is -4.23. The number of pyridine rings is 1. The molecule has 0 amide bonds. The summed E-state index contributed by atoms with van der Waals surface area (Å²) < 4.78 is 11.6. The number of likely N-dealkylation sites (tertiary alicyclic amines) is 1. The van der Waals surface area contributed by atoms with Crippen molar-refractivity contribution in [1.29, 1.82) is 0 Å². The van der Waals surface area contributed by atoms with Crippen LogP contribution in [0.1, 0.15) is 48.2 Å². The van der Waals surface area contributed by atoms with Gasteiger partial charge in [-0.15, -0.1) is 0 Å². The normalized spacial score (nSPS) is 13.6. The highest BCUT2D eigenvalue weighted by atomic mass is 16.5. The number of aromatic nitrogens is 2. The number of ketones is 1. The molecule has 7 heteroatoms. The first kappa shape index (κ1) is 28.3. The van der Waals surface area contributed by atoms with E-state index in [1.807, 2.05) is 69.3 Å². The maximum absolute atomic E-state index is 12.8. The molecule has 0 unspecified atom stereocenters. The minimum absolute atomic E-state index is 0.0384.